The van der Waals surface area contributed by atoms with Crippen LogP contribution in [-0.2, 0) is 4.74 Å². The molecule has 0 atom stereocenters. The van der Waals surface area contributed by atoms with Gasteiger partial charge in [-0.2, -0.15) is 0 Å². The Morgan fingerprint density at radius 2 is 2.25 bits per heavy atom. The summed E-state index contributed by atoms with van der Waals surface area (Å²) in [5, 5.41) is 0. The topological polar surface area (TPSA) is 39.2 Å². The van der Waals surface area contributed by atoms with Gasteiger partial charge in [-0.1, -0.05) is 12.7 Å². The average molecular weight is 163 g/mol. The highest BCUT2D eigenvalue weighted by Crippen LogP contribution is 1.98. The van der Waals surface area contributed by atoms with Gasteiger partial charge in [-0.3, -0.25) is 4.98 Å². The summed E-state index contributed by atoms with van der Waals surface area (Å²) in [5.41, 5.74) is 0.506. The van der Waals surface area contributed by atoms with E-state index in [1.807, 2.05) is 0 Å². The molecule has 0 fully saturated rings. The first kappa shape index (κ1) is 8.46. The molecule has 0 spiro atoms. The molecule has 3 heteroatoms. The number of carbonyl (C=O) groups is 1. The van der Waals surface area contributed by atoms with Gasteiger partial charge in [0.1, 0.15) is 6.61 Å². The van der Waals surface area contributed by atoms with Crippen LogP contribution in [0.5, 0.6) is 0 Å². The molecule has 0 N–H and O–H groups in total. The maximum absolute atomic E-state index is 11.1. The second kappa shape index (κ2) is 4.28. The third-order valence-electron chi connectivity index (χ3n) is 1.25. The summed E-state index contributed by atoms with van der Waals surface area (Å²) in [6.07, 6.45) is 4.62. The first-order chi connectivity index (χ1) is 5.84. The highest BCUT2D eigenvalue weighted by Gasteiger charge is 2.03. The van der Waals surface area contributed by atoms with Gasteiger partial charge < -0.3 is 4.74 Å². The molecule has 62 valence electrons. The summed E-state index contributed by atoms with van der Waals surface area (Å²) in [6.45, 7) is 3.67. The number of nitrogens with zero attached hydrogens (tertiary/aromatic N) is 1. The van der Waals surface area contributed by atoms with Crippen LogP contribution >= 0.6 is 0 Å². The van der Waals surface area contributed by atoms with Gasteiger partial charge in [0, 0.05) is 12.4 Å². The normalized spacial score (nSPS) is 9.00. The Kier molecular flexibility index (Phi) is 3.02. The van der Waals surface area contributed by atoms with E-state index in [9.17, 15) is 4.79 Å². The first-order valence-corrected chi connectivity index (χ1v) is 3.52. The summed E-state index contributed by atoms with van der Waals surface area (Å²) in [4.78, 5) is 14.9. The number of pyridine rings is 1. The molecule has 1 aromatic rings. The van der Waals surface area contributed by atoms with Crippen molar-refractivity contribution in [2.24, 2.45) is 0 Å². The van der Waals surface area contributed by atoms with Crippen LogP contribution in [0.2, 0.25) is 0 Å². The van der Waals surface area contributed by atoms with Gasteiger partial charge in [0.05, 0.1) is 5.56 Å². The van der Waals surface area contributed by atoms with Crippen LogP contribution in [0.1, 0.15) is 10.4 Å². The van der Waals surface area contributed by atoms with E-state index in [4.69, 9.17) is 4.74 Å². The van der Waals surface area contributed by atoms with Crippen molar-refractivity contribution >= 4 is 5.97 Å². The van der Waals surface area contributed by atoms with Crippen LogP contribution in [0.15, 0.2) is 37.2 Å². The Bertz CT molecular complexity index is 269. The number of carbonyl (C=O) groups excluding carboxylic acids is 1. The van der Waals surface area contributed by atoms with E-state index in [0.29, 0.717) is 5.56 Å². The molecule has 0 saturated heterocycles. The van der Waals surface area contributed by atoms with Gasteiger partial charge in [0.25, 0.3) is 0 Å². The van der Waals surface area contributed by atoms with Crippen molar-refractivity contribution in [2.45, 2.75) is 0 Å². The van der Waals surface area contributed by atoms with Crippen LogP contribution in [-0.4, -0.2) is 17.6 Å². The van der Waals surface area contributed by atoms with Gasteiger partial charge in [-0.05, 0) is 12.1 Å². The standard InChI is InChI=1S/C9H9NO2/c1-2-7-12-9(11)8-3-5-10-6-4-8/h2-6H,1,7H2. The second-order valence-corrected chi connectivity index (χ2v) is 2.12. The fourth-order valence-corrected chi connectivity index (χ4v) is 0.706. The van der Waals surface area contributed by atoms with Crippen molar-refractivity contribution in [1.29, 1.82) is 0 Å². The Morgan fingerprint density at radius 3 is 2.83 bits per heavy atom. The Hall–Kier alpha value is -1.64. The molecule has 1 rings (SSSR count). The van der Waals surface area contributed by atoms with Crippen LogP contribution < -0.4 is 0 Å². The molecule has 1 aromatic heterocycles. The third-order valence-corrected chi connectivity index (χ3v) is 1.25. The average Bonchev–Trinajstić information content (AvgIpc) is 2.15. The minimum absolute atomic E-state index is 0.237. The molecule has 0 bridgehead atoms. The minimum atomic E-state index is -0.350. The second-order valence-electron chi connectivity index (χ2n) is 2.12. The number of hydrogen-bond donors (Lipinski definition) is 0. The van der Waals surface area contributed by atoms with Crippen molar-refractivity contribution in [3.8, 4) is 0 Å². The van der Waals surface area contributed by atoms with E-state index >= 15 is 0 Å². The van der Waals surface area contributed by atoms with E-state index in [1.54, 1.807) is 24.5 Å². The smallest absolute Gasteiger partial charge is 0.338 e. The van der Waals surface area contributed by atoms with Crippen molar-refractivity contribution in [1.82, 2.24) is 4.98 Å². The fourth-order valence-electron chi connectivity index (χ4n) is 0.706. The summed E-state index contributed by atoms with van der Waals surface area (Å²) < 4.78 is 4.79. The maximum Gasteiger partial charge on any atom is 0.338 e. The van der Waals surface area contributed by atoms with Crippen molar-refractivity contribution in [2.75, 3.05) is 6.61 Å². The fraction of sp³-hybridized carbons (Fsp3) is 0.111. The molecule has 0 saturated carbocycles. The number of ether oxygens (including phenoxy) is 1. The predicted octanol–water partition coefficient (Wildman–Crippen LogP) is 1.42. The SMILES string of the molecule is C=CCOC(=O)c1ccncc1. The molecule has 0 aliphatic heterocycles. The Labute approximate surface area is 70.7 Å². The summed E-state index contributed by atoms with van der Waals surface area (Å²) in [6, 6.07) is 3.21. The van der Waals surface area contributed by atoms with E-state index in [2.05, 4.69) is 11.6 Å². The quantitative estimate of drug-likeness (QED) is 0.499. The highest BCUT2D eigenvalue weighted by atomic mass is 16.5. The molecule has 0 amide bonds. The van der Waals surface area contributed by atoms with Gasteiger partial charge in [0.15, 0.2) is 0 Å². The Morgan fingerprint density at radius 1 is 1.58 bits per heavy atom. The number of aromatic nitrogens is 1. The van der Waals surface area contributed by atoms with Crippen LogP contribution in [0, 0.1) is 0 Å². The first-order valence-electron chi connectivity index (χ1n) is 3.52. The molecule has 1 heterocycles. The molecule has 0 aliphatic carbocycles. The number of hydrogen-bond acceptors (Lipinski definition) is 3. The lowest BCUT2D eigenvalue weighted by Crippen LogP contribution is -2.04. The number of esters is 1. The molecule has 0 aliphatic rings. The lowest BCUT2D eigenvalue weighted by Gasteiger charge is -1.99. The van der Waals surface area contributed by atoms with Gasteiger partial charge in [0.2, 0.25) is 0 Å². The van der Waals surface area contributed by atoms with E-state index < -0.39 is 0 Å². The summed E-state index contributed by atoms with van der Waals surface area (Å²) in [7, 11) is 0. The van der Waals surface area contributed by atoms with Crippen LogP contribution in [0.3, 0.4) is 0 Å². The summed E-state index contributed by atoms with van der Waals surface area (Å²) in [5.74, 6) is -0.350. The lowest BCUT2D eigenvalue weighted by atomic mass is 10.3. The molecular weight excluding hydrogens is 154 g/mol. The predicted molar refractivity (Wildman–Crippen MR) is 44.7 cm³/mol. The molecule has 0 unspecified atom stereocenters. The molecule has 3 nitrogen and oxygen atoms in total. The Balaban J connectivity index is 2.59. The third kappa shape index (κ3) is 2.20. The molecule has 12 heavy (non-hydrogen) atoms. The monoisotopic (exact) mass is 163 g/mol. The van der Waals surface area contributed by atoms with Gasteiger partial charge in [-0.25, -0.2) is 4.79 Å². The molecular formula is C9H9NO2. The highest BCUT2D eigenvalue weighted by molar-refractivity contribution is 5.89. The van der Waals surface area contributed by atoms with Crippen LogP contribution in [0.4, 0.5) is 0 Å². The maximum atomic E-state index is 11.1. The largest absolute Gasteiger partial charge is 0.458 e. The zero-order valence-corrected chi connectivity index (χ0v) is 6.56. The van der Waals surface area contributed by atoms with Crippen LogP contribution in [0.25, 0.3) is 0 Å². The van der Waals surface area contributed by atoms with Crippen molar-refractivity contribution in [3.05, 3.63) is 42.7 Å². The van der Waals surface area contributed by atoms with E-state index in [1.165, 1.54) is 6.08 Å². The van der Waals surface area contributed by atoms with Gasteiger partial charge in [-0.15, -0.1) is 0 Å². The molecule has 0 aromatic carbocycles. The summed E-state index contributed by atoms with van der Waals surface area (Å²) >= 11 is 0. The van der Waals surface area contributed by atoms with Crippen molar-refractivity contribution < 1.29 is 9.53 Å². The van der Waals surface area contributed by atoms with Crippen molar-refractivity contribution in [3.63, 3.8) is 0 Å². The zero-order chi connectivity index (χ0) is 8.81. The lowest BCUT2D eigenvalue weighted by molar-refractivity contribution is 0.0549. The minimum Gasteiger partial charge on any atom is -0.458 e. The number of rotatable bonds is 3. The van der Waals surface area contributed by atoms with Gasteiger partial charge >= 0.3 is 5.97 Å². The molecule has 0 radical (unpaired) electrons. The van der Waals surface area contributed by atoms with E-state index in [-0.39, 0.29) is 12.6 Å². The zero-order valence-electron chi connectivity index (χ0n) is 6.56. The van der Waals surface area contributed by atoms with E-state index in [0.717, 1.165) is 0 Å².